The summed E-state index contributed by atoms with van der Waals surface area (Å²) in [6, 6.07) is 9.91. The Kier molecular flexibility index (Phi) is 2.84. The Hall–Kier alpha value is -1.60. The number of benzene rings is 1. The first-order chi connectivity index (χ1) is 7.31. The third-order valence-corrected chi connectivity index (χ3v) is 2.72. The molecule has 1 aromatic carbocycles. The van der Waals surface area contributed by atoms with Crippen LogP contribution in [-0.4, -0.2) is 9.97 Å². The minimum atomic E-state index is 0.359. The number of aromatic nitrogens is 2. The van der Waals surface area contributed by atoms with E-state index in [0.29, 0.717) is 6.42 Å². The van der Waals surface area contributed by atoms with E-state index in [1.54, 1.807) is 6.20 Å². The van der Waals surface area contributed by atoms with Gasteiger partial charge in [0.25, 0.3) is 0 Å². The van der Waals surface area contributed by atoms with Crippen molar-refractivity contribution in [2.75, 3.05) is 0 Å². The lowest BCUT2D eigenvalue weighted by Gasteiger charge is -1.99. The predicted molar refractivity (Wildman–Crippen MR) is 61.0 cm³/mol. The zero-order valence-electron chi connectivity index (χ0n) is 7.87. The minimum absolute atomic E-state index is 0.359. The van der Waals surface area contributed by atoms with Gasteiger partial charge in [-0.2, -0.15) is 5.26 Å². The van der Waals surface area contributed by atoms with Crippen LogP contribution in [0.4, 0.5) is 0 Å². The van der Waals surface area contributed by atoms with Crippen LogP contribution >= 0.6 is 15.9 Å². The van der Waals surface area contributed by atoms with Gasteiger partial charge in [-0.15, -0.1) is 0 Å². The molecule has 0 aliphatic rings. The summed E-state index contributed by atoms with van der Waals surface area (Å²) >= 11 is 3.46. The number of aromatic amines is 1. The lowest BCUT2D eigenvalue weighted by atomic mass is 10.2. The summed E-state index contributed by atoms with van der Waals surface area (Å²) in [5.74, 6) is 0.785. The van der Waals surface area contributed by atoms with Crippen LogP contribution in [0.5, 0.6) is 0 Å². The van der Waals surface area contributed by atoms with E-state index in [1.807, 2.05) is 24.3 Å². The largest absolute Gasteiger partial charge is 0.341 e. The number of halogens is 1. The molecular formula is C11H8BrN3. The number of H-pyrrole nitrogens is 1. The highest BCUT2D eigenvalue weighted by Gasteiger charge is 2.05. The molecule has 1 aromatic heterocycles. The number of hydrogen-bond donors (Lipinski definition) is 1. The van der Waals surface area contributed by atoms with E-state index in [0.717, 1.165) is 21.6 Å². The second-order valence-corrected chi connectivity index (χ2v) is 3.93. The van der Waals surface area contributed by atoms with Gasteiger partial charge in [0.05, 0.1) is 12.5 Å². The molecule has 0 spiro atoms. The first kappa shape index (κ1) is 9.94. The number of nitrogens with zero attached hydrogens (tertiary/aromatic N) is 2. The fraction of sp³-hybridized carbons (Fsp3) is 0.0909. The normalized spacial score (nSPS) is 9.87. The quantitative estimate of drug-likeness (QED) is 0.904. The number of nitrogens with one attached hydrogen (secondary N) is 1. The molecule has 4 heteroatoms. The van der Waals surface area contributed by atoms with Crippen LogP contribution in [-0.2, 0) is 6.42 Å². The standard InChI is InChI=1S/C11H8BrN3/c12-10-4-2-1-3-9(10)11-14-7-8(15-11)5-6-13/h1-4,7H,5H2,(H,14,15). The number of rotatable bonds is 2. The molecule has 0 saturated heterocycles. The molecule has 0 atom stereocenters. The smallest absolute Gasteiger partial charge is 0.138 e. The summed E-state index contributed by atoms with van der Waals surface area (Å²) in [7, 11) is 0. The molecule has 2 aromatic rings. The van der Waals surface area contributed by atoms with Crippen molar-refractivity contribution in [2.45, 2.75) is 6.42 Å². The van der Waals surface area contributed by atoms with Gasteiger partial charge in [0, 0.05) is 21.9 Å². The van der Waals surface area contributed by atoms with E-state index in [1.165, 1.54) is 0 Å². The van der Waals surface area contributed by atoms with Crippen LogP contribution in [0.3, 0.4) is 0 Å². The molecule has 1 N–H and O–H groups in total. The van der Waals surface area contributed by atoms with Crippen LogP contribution in [0.1, 0.15) is 5.69 Å². The molecule has 0 saturated carbocycles. The average molecular weight is 262 g/mol. The van der Waals surface area contributed by atoms with Gasteiger partial charge < -0.3 is 4.98 Å². The van der Waals surface area contributed by atoms with Gasteiger partial charge in [-0.3, -0.25) is 0 Å². The summed E-state index contributed by atoms with van der Waals surface area (Å²) in [4.78, 5) is 7.34. The zero-order chi connectivity index (χ0) is 10.7. The minimum Gasteiger partial charge on any atom is -0.341 e. The summed E-state index contributed by atoms with van der Waals surface area (Å²) < 4.78 is 0.989. The van der Waals surface area contributed by atoms with Gasteiger partial charge in [0.15, 0.2) is 0 Å². The van der Waals surface area contributed by atoms with E-state index in [-0.39, 0.29) is 0 Å². The molecule has 0 aliphatic carbocycles. The van der Waals surface area contributed by atoms with Crippen molar-refractivity contribution >= 4 is 15.9 Å². The summed E-state index contributed by atoms with van der Waals surface area (Å²) in [6.45, 7) is 0. The van der Waals surface area contributed by atoms with Crippen LogP contribution in [0.15, 0.2) is 34.9 Å². The van der Waals surface area contributed by atoms with Crippen LogP contribution in [0, 0.1) is 11.3 Å². The van der Waals surface area contributed by atoms with Crippen molar-refractivity contribution in [3.8, 4) is 17.5 Å². The maximum absolute atomic E-state index is 8.55. The van der Waals surface area contributed by atoms with Crippen LogP contribution in [0.2, 0.25) is 0 Å². The Balaban J connectivity index is 2.38. The third kappa shape index (κ3) is 2.08. The van der Waals surface area contributed by atoms with Gasteiger partial charge in [0.2, 0.25) is 0 Å². The average Bonchev–Trinajstić information content (AvgIpc) is 2.68. The van der Waals surface area contributed by atoms with Crippen LogP contribution < -0.4 is 0 Å². The van der Waals surface area contributed by atoms with Crippen LogP contribution in [0.25, 0.3) is 11.4 Å². The van der Waals surface area contributed by atoms with Gasteiger partial charge in [-0.1, -0.05) is 34.1 Å². The summed E-state index contributed by atoms with van der Waals surface area (Å²) in [5, 5.41) is 8.55. The van der Waals surface area contributed by atoms with Gasteiger partial charge in [0.1, 0.15) is 5.82 Å². The highest BCUT2D eigenvalue weighted by molar-refractivity contribution is 9.10. The Morgan fingerprint density at radius 3 is 2.93 bits per heavy atom. The third-order valence-electron chi connectivity index (χ3n) is 2.03. The molecule has 0 bridgehead atoms. The van der Waals surface area contributed by atoms with Crippen molar-refractivity contribution in [3.63, 3.8) is 0 Å². The van der Waals surface area contributed by atoms with E-state index in [4.69, 9.17) is 5.26 Å². The monoisotopic (exact) mass is 261 g/mol. The number of nitriles is 1. The summed E-state index contributed by atoms with van der Waals surface area (Å²) in [6.07, 6.45) is 2.05. The molecule has 3 nitrogen and oxygen atoms in total. The second kappa shape index (κ2) is 4.28. The lowest BCUT2D eigenvalue weighted by Crippen LogP contribution is -1.83. The fourth-order valence-electron chi connectivity index (χ4n) is 1.32. The second-order valence-electron chi connectivity index (χ2n) is 3.07. The van der Waals surface area contributed by atoms with Crippen molar-refractivity contribution in [3.05, 3.63) is 40.6 Å². The van der Waals surface area contributed by atoms with Gasteiger partial charge in [-0.25, -0.2) is 4.98 Å². The van der Waals surface area contributed by atoms with Gasteiger partial charge >= 0.3 is 0 Å². The Labute approximate surface area is 95.9 Å². The topological polar surface area (TPSA) is 52.5 Å². The number of hydrogen-bond acceptors (Lipinski definition) is 2. The molecule has 0 unspecified atom stereocenters. The maximum Gasteiger partial charge on any atom is 0.138 e. The molecule has 74 valence electrons. The molecule has 0 amide bonds. The van der Waals surface area contributed by atoms with Crippen molar-refractivity contribution in [1.29, 1.82) is 5.26 Å². The highest BCUT2D eigenvalue weighted by atomic mass is 79.9. The Bertz CT molecular complexity index is 511. The van der Waals surface area contributed by atoms with E-state index in [9.17, 15) is 0 Å². The molecule has 15 heavy (non-hydrogen) atoms. The molecule has 1 heterocycles. The van der Waals surface area contributed by atoms with E-state index in [2.05, 4.69) is 32.0 Å². The zero-order valence-corrected chi connectivity index (χ0v) is 9.45. The predicted octanol–water partition coefficient (Wildman–Crippen LogP) is 2.91. The van der Waals surface area contributed by atoms with Gasteiger partial charge in [-0.05, 0) is 6.07 Å². The first-order valence-corrected chi connectivity index (χ1v) is 5.26. The Morgan fingerprint density at radius 2 is 2.20 bits per heavy atom. The SMILES string of the molecule is N#CCc1cnc(-c2ccccc2Br)[nH]1. The molecule has 0 aliphatic heterocycles. The Morgan fingerprint density at radius 1 is 1.40 bits per heavy atom. The lowest BCUT2D eigenvalue weighted by molar-refractivity contribution is 1.16. The molecule has 0 fully saturated rings. The van der Waals surface area contributed by atoms with Crippen molar-refractivity contribution in [1.82, 2.24) is 9.97 Å². The molecular weight excluding hydrogens is 254 g/mol. The maximum atomic E-state index is 8.55. The van der Waals surface area contributed by atoms with E-state index < -0.39 is 0 Å². The first-order valence-electron chi connectivity index (χ1n) is 4.47. The molecule has 2 rings (SSSR count). The number of imidazole rings is 1. The van der Waals surface area contributed by atoms with Crippen molar-refractivity contribution in [2.24, 2.45) is 0 Å². The summed E-state index contributed by atoms with van der Waals surface area (Å²) in [5.41, 5.74) is 1.84. The fourth-order valence-corrected chi connectivity index (χ4v) is 1.80. The van der Waals surface area contributed by atoms with Crippen molar-refractivity contribution < 1.29 is 0 Å². The molecule has 0 radical (unpaired) electrons. The van der Waals surface area contributed by atoms with E-state index >= 15 is 0 Å². The highest BCUT2D eigenvalue weighted by Crippen LogP contribution is 2.25.